The minimum atomic E-state index is 0.275. The Morgan fingerprint density at radius 3 is 2.23 bits per heavy atom. The molecule has 4 heteroatoms. The van der Waals surface area contributed by atoms with Crippen LogP contribution >= 0.6 is 23.2 Å². The first-order chi connectivity index (χ1) is 12.6. The molecule has 1 aliphatic heterocycles. The van der Waals surface area contributed by atoms with Crippen molar-refractivity contribution in [3.8, 4) is 0 Å². The number of allylic oxidation sites excluding steroid dienone is 1. The fourth-order valence-corrected chi connectivity index (χ4v) is 4.99. The molecule has 1 atom stereocenters. The smallest absolute Gasteiger partial charge is 0.223 e. The Balaban J connectivity index is 0.000000206. The van der Waals surface area contributed by atoms with Gasteiger partial charge in [-0.25, -0.2) is 0 Å². The Morgan fingerprint density at radius 1 is 1.12 bits per heavy atom. The van der Waals surface area contributed by atoms with Crippen molar-refractivity contribution in [2.45, 2.75) is 63.3 Å². The zero-order chi connectivity index (χ0) is 18.6. The number of amides is 1. The van der Waals surface area contributed by atoms with E-state index in [-0.39, 0.29) is 5.54 Å². The van der Waals surface area contributed by atoms with Crippen LogP contribution < -0.4 is 0 Å². The van der Waals surface area contributed by atoms with E-state index in [1.165, 1.54) is 38.5 Å². The topological polar surface area (TPSA) is 20.3 Å². The molecule has 1 amide bonds. The van der Waals surface area contributed by atoms with E-state index < -0.39 is 0 Å². The third kappa shape index (κ3) is 4.46. The van der Waals surface area contributed by atoms with Crippen LogP contribution in [0.2, 0.25) is 10.0 Å². The van der Waals surface area contributed by atoms with Crippen molar-refractivity contribution in [1.82, 2.24) is 4.90 Å². The summed E-state index contributed by atoms with van der Waals surface area (Å²) in [5, 5.41) is 1.21. The van der Waals surface area contributed by atoms with Crippen LogP contribution in [0, 0.1) is 11.8 Å². The minimum absolute atomic E-state index is 0.275. The van der Waals surface area contributed by atoms with Crippen LogP contribution in [0.1, 0.15) is 57.8 Å². The second-order valence-electron chi connectivity index (χ2n) is 7.93. The molecule has 26 heavy (non-hydrogen) atoms. The molecule has 3 fully saturated rings. The summed E-state index contributed by atoms with van der Waals surface area (Å²) in [4.78, 5) is 14.7. The molecular formula is C22H29Cl2NO. The highest BCUT2D eigenvalue weighted by atomic mass is 35.5. The maximum Gasteiger partial charge on any atom is 0.223 e. The molecule has 0 spiro atoms. The fourth-order valence-electron chi connectivity index (χ4n) is 4.72. The molecule has 4 rings (SSSR count). The van der Waals surface area contributed by atoms with Gasteiger partial charge in [-0.2, -0.15) is 0 Å². The van der Waals surface area contributed by atoms with Crippen molar-refractivity contribution in [2.75, 3.05) is 6.54 Å². The average Bonchev–Trinajstić information content (AvgIpc) is 3.38. The van der Waals surface area contributed by atoms with E-state index in [1.807, 2.05) is 18.2 Å². The molecule has 142 valence electrons. The molecule has 2 saturated carbocycles. The van der Waals surface area contributed by atoms with Crippen LogP contribution in [0.15, 0.2) is 36.9 Å². The summed E-state index contributed by atoms with van der Waals surface area (Å²) in [5.41, 5.74) is 0.275. The summed E-state index contributed by atoms with van der Waals surface area (Å²) in [6, 6.07) is 7.19. The molecule has 3 aliphatic rings. The number of halogens is 2. The van der Waals surface area contributed by atoms with Gasteiger partial charge in [0.15, 0.2) is 0 Å². The van der Waals surface area contributed by atoms with Gasteiger partial charge in [0.05, 0.1) is 10.0 Å². The van der Waals surface area contributed by atoms with Crippen molar-refractivity contribution in [3.05, 3.63) is 47.0 Å². The number of piperidine rings is 1. The third-order valence-electron chi connectivity index (χ3n) is 6.18. The monoisotopic (exact) mass is 393 g/mol. The number of rotatable bonds is 4. The van der Waals surface area contributed by atoms with Crippen LogP contribution in [0.25, 0.3) is 0 Å². The van der Waals surface area contributed by atoms with E-state index >= 15 is 0 Å². The van der Waals surface area contributed by atoms with E-state index in [2.05, 4.69) is 11.5 Å². The number of carbonyl (C=O) groups excluding carboxylic acids is 1. The van der Waals surface area contributed by atoms with Gasteiger partial charge in [-0.1, -0.05) is 54.3 Å². The van der Waals surface area contributed by atoms with Crippen LogP contribution in [0.4, 0.5) is 0 Å². The quantitative estimate of drug-likeness (QED) is 0.533. The highest BCUT2D eigenvalue weighted by molar-refractivity contribution is 6.41. The van der Waals surface area contributed by atoms with Crippen molar-refractivity contribution in [2.24, 2.45) is 11.8 Å². The summed E-state index contributed by atoms with van der Waals surface area (Å²) >= 11 is 11.2. The lowest BCUT2D eigenvalue weighted by molar-refractivity contribution is -0.143. The Labute approximate surface area is 167 Å². The lowest BCUT2D eigenvalue weighted by atomic mass is 9.84. The predicted octanol–water partition coefficient (Wildman–Crippen LogP) is 6.52. The molecule has 1 aromatic carbocycles. The number of nitrogens with zero attached hydrogens (tertiary/aromatic N) is 1. The van der Waals surface area contributed by atoms with Gasteiger partial charge in [0.2, 0.25) is 5.91 Å². The molecule has 1 saturated heterocycles. The first-order valence-corrected chi connectivity index (χ1v) is 10.6. The van der Waals surface area contributed by atoms with Gasteiger partial charge in [0, 0.05) is 18.5 Å². The van der Waals surface area contributed by atoms with Crippen molar-refractivity contribution >= 4 is 29.1 Å². The highest BCUT2D eigenvalue weighted by Crippen LogP contribution is 2.53. The molecule has 1 heterocycles. The maximum atomic E-state index is 12.4. The largest absolute Gasteiger partial charge is 0.336 e. The first kappa shape index (κ1) is 19.8. The number of hydrogen-bond acceptors (Lipinski definition) is 1. The zero-order valence-corrected chi connectivity index (χ0v) is 16.9. The van der Waals surface area contributed by atoms with Crippen LogP contribution in [-0.2, 0) is 4.79 Å². The predicted molar refractivity (Wildman–Crippen MR) is 110 cm³/mol. The molecule has 0 unspecified atom stereocenters. The van der Waals surface area contributed by atoms with Crippen molar-refractivity contribution < 1.29 is 4.79 Å². The summed E-state index contributed by atoms with van der Waals surface area (Å²) < 4.78 is 0. The number of benzene rings is 1. The molecule has 0 aromatic heterocycles. The Hall–Kier alpha value is -0.990. The molecule has 2 nitrogen and oxygen atoms in total. The molecule has 0 N–H and O–H groups in total. The van der Waals surface area contributed by atoms with Gasteiger partial charge >= 0.3 is 0 Å². The van der Waals surface area contributed by atoms with Crippen LogP contribution in [-0.4, -0.2) is 22.9 Å². The fraction of sp³-hybridized carbons (Fsp3) is 0.591. The summed E-state index contributed by atoms with van der Waals surface area (Å²) in [6.45, 7) is 4.86. The maximum absolute atomic E-state index is 12.4. The molecule has 0 bridgehead atoms. The van der Waals surface area contributed by atoms with Gasteiger partial charge in [0.1, 0.15) is 0 Å². The minimum Gasteiger partial charge on any atom is -0.336 e. The third-order valence-corrected chi connectivity index (χ3v) is 6.93. The summed E-state index contributed by atoms with van der Waals surface area (Å²) in [7, 11) is 0. The van der Waals surface area contributed by atoms with E-state index in [1.54, 1.807) is 12.1 Å². The van der Waals surface area contributed by atoms with Gasteiger partial charge in [-0.05, 0) is 62.5 Å². The normalized spacial score (nSPS) is 24.8. The lowest BCUT2D eigenvalue weighted by Gasteiger charge is -2.46. The van der Waals surface area contributed by atoms with E-state index in [0.717, 1.165) is 31.7 Å². The number of hydrogen-bond donors (Lipinski definition) is 0. The Bertz CT molecular complexity index is 614. The molecule has 2 aliphatic carbocycles. The van der Waals surface area contributed by atoms with E-state index in [4.69, 9.17) is 23.2 Å². The molecular weight excluding hydrogens is 365 g/mol. The zero-order valence-electron chi connectivity index (χ0n) is 15.4. The van der Waals surface area contributed by atoms with Crippen LogP contribution in [0.3, 0.4) is 0 Å². The van der Waals surface area contributed by atoms with Crippen molar-refractivity contribution in [3.63, 3.8) is 0 Å². The Morgan fingerprint density at radius 2 is 1.73 bits per heavy atom. The van der Waals surface area contributed by atoms with Gasteiger partial charge in [-0.15, -0.1) is 6.58 Å². The molecule has 1 aromatic rings. The van der Waals surface area contributed by atoms with Crippen LogP contribution in [0.5, 0.6) is 0 Å². The van der Waals surface area contributed by atoms with Gasteiger partial charge in [0.25, 0.3) is 0 Å². The molecule has 0 radical (unpaired) electrons. The van der Waals surface area contributed by atoms with E-state index in [9.17, 15) is 4.79 Å². The lowest BCUT2D eigenvalue weighted by Crippen LogP contribution is -2.55. The summed E-state index contributed by atoms with van der Waals surface area (Å²) in [5.74, 6) is 1.92. The standard InChI is InChI=1S/C16H25NO.C6H4Cl2/c1-2-5-13-6-9-15(18)17(12-13)16(14-7-8-14)10-3-4-11-16;7-5-3-1-2-4-6(5)8/h2,13-14H,1,3-12H2;1-4H/t13-;/m1./s1. The number of carbonyl (C=O) groups is 1. The Kier molecular flexibility index (Phi) is 6.69. The highest BCUT2D eigenvalue weighted by Gasteiger charge is 2.52. The van der Waals surface area contributed by atoms with Gasteiger partial charge in [-0.3, -0.25) is 4.79 Å². The average molecular weight is 394 g/mol. The SMILES string of the molecule is C=CC[C@@H]1CCC(=O)N(C2(C3CC3)CCCC2)C1.Clc1ccccc1Cl. The van der Waals surface area contributed by atoms with Crippen molar-refractivity contribution in [1.29, 1.82) is 0 Å². The van der Waals surface area contributed by atoms with E-state index in [0.29, 0.717) is 21.9 Å². The second kappa shape index (κ2) is 8.80. The van der Waals surface area contributed by atoms with Gasteiger partial charge < -0.3 is 4.90 Å². The second-order valence-corrected chi connectivity index (χ2v) is 8.75. The number of likely N-dealkylation sites (tertiary alicyclic amines) is 1. The summed E-state index contributed by atoms with van der Waals surface area (Å²) in [6.07, 6.45) is 12.8. The first-order valence-electron chi connectivity index (χ1n) is 9.88.